The summed E-state index contributed by atoms with van der Waals surface area (Å²) in [6, 6.07) is 10.8. The molecule has 166 valence electrons. The molecule has 0 unspecified atom stereocenters. The molecule has 0 radical (unpaired) electrons. The second-order valence-corrected chi connectivity index (χ2v) is 8.16. The first-order valence-corrected chi connectivity index (χ1v) is 10.3. The highest BCUT2D eigenvalue weighted by Crippen LogP contribution is 2.21. The molecule has 0 heterocycles. The van der Waals surface area contributed by atoms with Crippen LogP contribution in [0.5, 0.6) is 0 Å². The number of benzene rings is 2. The number of carbonyl (C=O) groups excluding carboxylic acids is 3. The van der Waals surface area contributed by atoms with E-state index in [0.29, 0.717) is 12.1 Å². The van der Waals surface area contributed by atoms with Crippen LogP contribution < -0.4 is 16.0 Å². The first-order chi connectivity index (χ1) is 14.6. The lowest BCUT2D eigenvalue weighted by Crippen LogP contribution is -2.39. The van der Waals surface area contributed by atoms with E-state index in [1.807, 2.05) is 46.8 Å². The van der Waals surface area contributed by atoms with Crippen LogP contribution in [-0.2, 0) is 11.3 Å². The summed E-state index contributed by atoms with van der Waals surface area (Å²) in [5, 5.41) is 8.43. The van der Waals surface area contributed by atoms with Gasteiger partial charge in [0.05, 0.1) is 6.54 Å². The predicted octanol–water partition coefficient (Wildman–Crippen LogP) is 3.53. The maximum absolute atomic E-state index is 12.7. The number of nitrogens with one attached hydrogen (secondary N) is 3. The van der Waals surface area contributed by atoms with Gasteiger partial charge in [-0.05, 0) is 63.4 Å². The van der Waals surface area contributed by atoms with E-state index >= 15 is 0 Å². The van der Waals surface area contributed by atoms with E-state index in [0.717, 1.165) is 27.9 Å². The van der Waals surface area contributed by atoms with Crippen molar-refractivity contribution in [3.63, 3.8) is 0 Å². The quantitative estimate of drug-likeness (QED) is 0.635. The van der Waals surface area contributed by atoms with Crippen LogP contribution in [0, 0.1) is 20.8 Å². The Morgan fingerprint density at radius 1 is 0.968 bits per heavy atom. The number of hydrogen-bond donors (Lipinski definition) is 3. The number of anilines is 1. The normalized spacial score (nSPS) is 10.5. The summed E-state index contributed by atoms with van der Waals surface area (Å²) in [7, 11) is 1.60. The van der Waals surface area contributed by atoms with Crippen molar-refractivity contribution in [2.75, 3.05) is 18.9 Å². The molecular formula is C24H32N4O3. The molecule has 4 amide bonds. The Bertz CT molecular complexity index is 929. The Hall–Kier alpha value is -3.35. The Morgan fingerprint density at radius 2 is 1.55 bits per heavy atom. The molecule has 2 rings (SSSR count). The van der Waals surface area contributed by atoms with Crippen molar-refractivity contribution in [2.24, 2.45) is 0 Å². The van der Waals surface area contributed by atoms with Crippen molar-refractivity contribution in [3.05, 3.63) is 64.2 Å². The number of aryl methyl sites for hydroxylation is 3. The molecule has 7 nitrogen and oxygen atoms in total. The standard InChI is InChI=1S/C24H32N4O3/c1-15(2)26-24(31)25-13-19-7-9-20(10-8-19)23(30)28(6)14-21(29)27-22-17(4)11-16(3)12-18(22)5/h7-12,15H,13-14H2,1-6H3,(H,27,29)(H2,25,26,31). The highest BCUT2D eigenvalue weighted by molar-refractivity contribution is 5.99. The summed E-state index contributed by atoms with van der Waals surface area (Å²) in [6.07, 6.45) is 0. The fourth-order valence-electron chi connectivity index (χ4n) is 3.32. The van der Waals surface area contributed by atoms with Crippen LogP contribution in [0.25, 0.3) is 0 Å². The number of urea groups is 1. The fraction of sp³-hybridized carbons (Fsp3) is 0.375. The summed E-state index contributed by atoms with van der Waals surface area (Å²) < 4.78 is 0. The third-order valence-electron chi connectivity index (χ3n) is 4.74. The fourth-order valence-corrected chi connectivity index (χ4v) is 3.32. The van der Waals surface area contributed by atoms with Crippen molar-refractivity contribution in [3.8, 4) is 0 Å². The van der Waals surface area contributed by atoms with E-state index in [2.05, 4.69) is 16.0 Å². The van der Waals surface area contributed by atoms with Crippen molar-refractivity contribution >= 4 is 23.5 Å². The molecule has 0 atom stereocenters. The smallest absolute Gasteiger partial charge is 0.315 e. The van der Waals surface area contributed by atoms with Crippen molar-refractivity contribution in [1.29, 1.82) is 0 Å². The van der Waals surface area contributed by atoms with Gasteiger partial charge < -0.3 is 20.9 Å². The summed E-state index contributed by atoms with van der Waals surface area (Å²) in [6.45, 7) is 10.0. The molecule has 2 aromatic rings. The Morgan fingerprint density at radius 3 is 2.10 bits per heavy atom. The van der Waals surface area contributed by atoms with Gasteiger partial charge in [-0.25, -0.2) is 4.79 Å². The SMILES string of the molecule is Cc1cc(C)c(NC(=O)CN(C)C(=O)c2ccc(CNC(=O)NC(C)C)cc2)c(C)c1. The third kappa shape index (κ3) is 7.13. The molecule has 0 saturated carbocycles. The monoisotopic (exact) mass is 424 g/mol. The second kappa shape index (κ2) is 10.6. The topological polar surface area (TPSA) is 90.5 Å². The van der Waals surface area contributed by atoms with Gasteiger partial charge in [0.2, 0.25) is 5.91 Å². The van der Waals surface area contributed by atoms with E-state index in [4.69, 9.17) is 0 Å². The van der Waals surface area contributed by atoms with Gasteiger partial charge in [0.25, 0.3) is 5.91 Å². The molecule has 0 spiro atoms. The van der Waals surface area contributed by atoms with Gasteiger partial charge in [-0.15, -0.1) is 0 Å². The van der Waals surface area contributed by atoms with Crippen molar-refractivity contribution < 1.29 is 14.4 Å². The van der Waals surface area contributed by atoms with Crippen LogP contribution in [-0.4, -0.2) is 42.4 Å². The minimum Gasteiger partial charge on any atom is -0.336 e. The summed E-state index contributed by atoms with van der Waals surface area (Å²) in [5.74, 6) is -0.493. The number of carbonyl (C=O) groups is 3. The molecule has 3 N–H and O–H groups in total. The highest BCUT2D eigenvalue weighted by atomic mass is 16.2. The zero-order valence-electron chi connectivity index (χ0n) is 19.1. The zero-order valence-corrected chi connectivity index (χ0v) is 19.1. The maximum Gasteiger partial charge on any atom is 0.315 e. The van der Waals surface area contributed by atoms with Crippen molar-refractivity contribution in [2.45, 2.75) is 47.2 Å². The Labute approximate surface area is 184 Å². The lowest BCUT2D eigenvalue weighted by atomic mass is 10.1. The molecule has 0 aliphatic heterocycles. The number of nitrogens with zero attached hydrogens (tertiary/aromatic N) is 1. The van der Waals surface area contributed by atoms with E-state index in [9.17, 15) is 14.4 Å². The van der Waals surface area contributed by atoms with Gasteiger partial charge in [0.15, 0.2) is 0 Å². The molecular weight excluding hydrogens is 392 g/mol. The molecule has 2 aromatic carbocycles. The van der Waals surface area contributed by atoms with Crippen LogP contribution >= 0.6 is 0 Å². The summed E-state index contributed by atoms with van der Waals surface area (Å²) in [5.41, 5.74) is 5.26. The molecule has 0 fully saturated rings. The number of hydrogen-bond acceptors (Lipinski definition) is 3. The maximum atomic E-state index is 12.7. The zero-order chi connectivity index (χ0) is 23.1. The Kier molecular flexibility index (Phi) is 8.19. The van der Waals surface area contributed by atoms with Gasteiger partial charge in [0.1, 0.15) is 0 Å². The van der Waals surface area contributed by atoms with Gasteiger partial charge in [-0.2, -0.15) is 0 Å². The largest absolute Gasteiger partial charge is 0.336 e. The van der Waals surface area contributed by atoms with Gasteiger partial charge >= 0.3 is 6.03 Å². The predicted molar refractivity (Wildman–Crippen MR) is 123 cm³/mol. The second-order valence-electron chi connectivity index (χ2n) is 8.16. The van der Waals surface area contributed by atoms with Crippen LogP contribution in [0.1, 0.15) is 46.5 Å². The lowest BCUT2D eigenvalue weighted by molar-refractivity contribution is -0.116. The number of amides is 4. The van der Waals surface area contributed by atoms with Crippen LogP contribution in [0.3, 0.4) is 0 Å². The third-order valence-corrected chi connectivity index (χ3v) is 4.74. The molecule has 7 heteroatoms. The minimum absolute atomic E-state index is 0.0513. The van der Waals surface area contributed by atoms with Crippen LogP contribution in [0.4, 0.5) is 10.5 Å². The molecule has 0 aliphatic rings. The molecule has 0 saturated heterocycles. The van der Waals surface area contributed by atoms with E-state index < -0.39 is 0 Å². The van der Waals surface area contributed by atoms with Crippen LogP contribution in [0.15, 0.2) is 36.4 Å². The molecule has 0 aromatic heterocycles. The van der Waals surface area contributed by atoms with Crippen molar-refractivity contribution in [1.82, 2.24) is 15.5 Å². The molecule has 0 aliphatic carbocycles. The lowest BCUT2D eigenvalue weighted by Gasteiger charge is -2.19. The first-order valence-electron chi connectivity index (χ1n) is 10.3. The average molecular weight is 425 g/mol. The average Bonchev–Trinajstić information content (AvgIpc) is 2.68. The number of likely N-dealkylation sites (N-methyl/N-ethyl adjacent to an activating group) is 1. The van der Waals surface area contributed by atoms with Gasteiger partial charge in [0, 0.05) is 30.9 Å². The molecule has 0 bridgehead atoms. The number of rotatable bonds is 7. The van der Waals surface area contributed by atoms with Crippen LogP contribution in [0.2, 0.25) is 0 Å². The summed E-state index contributed by atoms with van der Waals surface area (Å²) >= 11 is 0. The highest BCUT2D eigenvalue weighted by Gasteiger charge is 2.16. The van der Waals surface area contributed by atoms with E-state index in [1.165, 1.54) is 4.90 Å². The Balaban J connectivity index is 1.92. The van der Waals surface area contributed by atoms with Gasteiger partial charge in [-0.3, -0.25) is 9.59 Å². The summed E-state index contributed by atoms with van der Waals surface area (Å²) in [4.78, 5) is 38.2. The van der Waals surface area contributed by atoms with Gasteiger partial charge in [-0.1, -0.05) is 29.8 Å². The minimum atomic E-state index is -0.247. The molecule has 31 heavy (non-hydrogen) atoms. The first kappa shape index (κ1) is 23.9. The van der Waals surface area contributed by atoms with E-state index in [1.54, 1.807) is 31.3 Å². The van der Waals surface area contributed by atoms with E-state index in [-0.39, 0.29) is 30.4 Å².